The Balaban J connectivity index is 1.46. The summed E-state index contributed by atoms with van der Waals surface area (Å²) in [6.07, 6.45) is 5.23. The Bertz CT molecular complexity index is 1310. The van der Waals surface area contributed by atoms with E-state index in [1.807, 2.05) is 96.4 Å². The van der Waals surface area contributed by atoms with E-state index >= 15 is 0 Å². The summed E-state index contributed by atoms with van der Waals surface area (Å²) in [5.74, 6) is 1.36. The van der Waals surface area contributed by atoms with Gasteiger partial charge in [0.15, 0.2) is 11.0 Å². The lowest BCUT2D eigenvalue weighted by molar-refractivity contribution is -0.118. The number of hydrogen-bond acceptors (Lipinski definition) is 6. The predicted octanol–water partition coefficient (Wildman–Crippen LogP) is 5.16. The first-order valence-electron chi connectivity index (χ1n) is 11.0. The summed E-state index contributed by atoms with van der Waals surface area (Å²) in [6, 6.07) is 25.6. The molecule has 0 saturated carbocycles. The van der Waals surface area contributed by atoms with E-state index in [9.17, 15) is 4.79 Å². The highest BCUT2D eigenvalue weighted by atomic mass is 32.2. The Morgan fingerprint density at radius 2 is 1.77 bits per heavy atom. The number of ether oxygens (including phenoxy) is 1. The number of carbonyl (C=O) groups is 1. The van der Waals surface area contributed by atoms with Gasteiger partial charge in [0.2, 0.25) is 0 Å². The molecule has 0 bridgehead atoms. The van der Waals surface area contributed by atoms with E-state index in [4.69, 9.17) is 4.74 Å². The number of aryl methyl sites for hydroxylation is 1. The SMILES string of the molecule is COc1ccc(-n2c(SCC(=O)NN=CC=Cc3ccccc3)nnc2-c2ccc(C)cc2)cc1. The third-order valence-electron chi connectivity index (χ3n) is 5.04. The molecule has 0 aliphatic rings. The van der Waals surface area contributed by atoms with Crippen molar-refractivity contribution in [2.45, 2.75) is 12.1 Å². The average molecular weight is 484 g/mol. The first-order chi connectivity index (χ1) is 17.1. The molecule has 0 aliphatic carbocycles. The second kappa shape index (κ2) is 11.8. The van der Waals surface area contributed by atoms with Crippen molar-refractivity contribution in [2.24, 2.45) is 5.10 Å². The van der Waals surface area contributed by atoms with E-state index in [0.717, 1.165) is 28.1 Å². The van der Waals surface area contributed by atoms with Gasteiger partial charge in [-0.2, -0.15) is 5.10 Å². The number of methoxy groups -OCH3 is 1. The third kappa shape index (κ3) is 6.45. The number of nitrogens with zero attached hydrogens (tertiary/aromatic N) is 4. The molecule has 1 amide bonds. The van der Waals surface area contributed by atoms with Crippen molar-refractivity contribution in [2.75, 3.05) is 12.9 Å². The lowest BCUT2D eigenvalue weighted by Crippen LogP contribution is -2.19. The molecule has 8 heteroatoms. The van der Waals surface area contributed by atoms with Crippen molar-refractivity contribution in [3.63, 3.8) is 0 Å². The van der Waals surface area contributed by atoms with Crippen molar-refractivity contribution in [3.8, 4) is 22.8 Å². The average Bonchev–Trinajstić information content (AvgIpc) is 3.32. The molecule has 1 aromatic heterocycles. The summed E-state index contributed by atoms with van der Waals surface area (Å²) < 4.78 is 7.23. The standard InChI is InChI=1S/C27H25N5O2S/c1-20-10-12-22(13-11-20)26-30-31-27(32(26)23-14-16-24(34-2)17-15-23)35-19-25(33)29-28-18-6-9-21-7-4-3-5-8-21/h3-18H,19H2,1-2H3,(H,29,33). The number of hydrazone groups is 1. The molecule has 0 fully saturated rings. The molecule has 0 saturated heterocycles. The van der Waals surface area contributed by atoms with Crippen molar-refractivity contribution in [1.82, 2.24) is 20.2 Å². The monoisotopic (exact) mass is 483 g/mol. The van der Waals surface area contributed by atoms with Gasteiger partial charge in [-0.1, -0.05) is 78.0 Å². The molecule has 1 heterocycles. The van der Waals surface area contributed by atoms with E-state index in [-0.39, 0.29) is 11.7 Å². The summed E-state index contributed by atoms with van der Waals surface area (Å²) >= 11 is 1.29. The van der Waals surface area contributed by atoms with E-state index in [0.29, 0.717) is 11.0 Å². The molecule has 0 radical (unpaired) electrons. The van der Waals surface area contributed by atoms with Crippen LogP contribution in [0.5, 0.6) is 5.75 Å². The van der Waals surface area contributed by atoms with Crippen LogP contribution in [0.3, 0.4) is 0 Å². The van der Waals surface area contributed by atoms with Gasteiger partial charge < -0.3 is 4.74 Å². The van der Waals surface area contributed by atoms with Gasteiger partial charge in [0.25, 0.3) is 5.91 Å². The quantitative estimate of drug-likeness (QED) is 0.202. The molecule has 3 aromatic carbocycles. The number of hydrogen-bond donors (Lipinski definition) is 1. The van der Waals surface area contributed by atoms with Crippen LogP contribution in [-0.4, -0.2) is 39.7 Å². The lowest BCUT2D eigenvalue weighted by Gasteiger charge is -2.11. The fourth-order valence-electron chi connectivity index (χ4n) is 3.25. The highest BCUT2D eigenvalue weighted by Gasteiger charge is 2.17. The van der Waals surface area contributed by atoms with Crippen molar-refractivity contribution < 1.29 is 9.53 Å². The molecule has 1 N–H and O–H groups in total. The minimum Gasteiger partial charge on any atom is -0.497 e. The minimum atomic E-state index is -0.236. The molecule has 35 heavy (non-hydrogen) atoms. The number of benzene rings is 3. The van der Waals surface area contributed by atoms with Crippen LogP contribution >= 0.6 is 11.8 Å². The van der Waals surface area contributed by atoms with Crippen molar-refractivity contribution in [1.29, 1.82) is 0 Å². The van der Waals surface area contributed by atoms with E-state index in [1.165, 1.54) is 11.8 Å². The number of thioether (sulfide) groups is 1. The molecule has 0 spiro atoms. The molecule has 0 aliphatic heterocycles. The zero-order valence-electron chi connectivity index (χ0n) is 19.5. The number of nitrogens with one attached hydrogen (secondary N) is 1. The van der Waals surface area contributed by atoms with Crippen molar-refractivity contribution in [3.05, 3.63) is 96.1 Å². The third-order valence-corrected chi connectivity index (χ3v) is 5.97. The lowest BCUT2D eigenvalue weighted by atomic mass is 10.1. The van der Waals surface area contributed by atoms with E-state index < -0.39 is 0 Å². The van der Waals surface area contributed by atoms with E-state index in [2.05, 4.69) is 20.7 Å². The highest BCUT2D eigenvalue weighted by Crippen LogP contribution is 2.29. The number of aromatic nitrogens is 3. The largest absolute Gasteiger partial charge is 0.497 e. The van der Waals surface area contributed by atoms with Crippen LogP contribution in [-0.2, 0) is 4.79 Å². The van der Waals surface area contributed by atoms with Crippen LogP contribution in [0.4, 0.5) is 0 Å². The highest BCUT2D eigenvalue weighted by molar-refractivity contribution is 7.99. The van der Waals surface area contributed by atoms with Crippen LogP contribution in [0.1, 0.15) is 11.1 Å². The Kier molecular flexibility index (Phi) is 8.08. The van der Waals surface area contributed by atoms with Crippen LogP contribution in [0.25, 0.3) is 23.2 Å². The fourth-order valence-corrected chi connectivity index (χ4v) is 3.99. The van der Waals surface area contributed by atoms with Crippen LogP contribution in [0.15, 0.2) is 95.2 Å². The fraction of sp³-hybridized carbons (Fsp3) is 0.111. The van der Waals surface area contributed by atoms with Gasteiger partial charge >= 0.3 is 0 Å². The first kappa shape index (κ1) is 24.0. The van der Waals surface area contributed by atoms with Gasteiger partial charge in [0.05, 0.1) is 12.9 Å². The molecule has 0 unspecified atom stereocenters. The molecular weight excluding hydrogens is 458 g/mol. The maximum atomic E-state index is 12.4. The Morgan fingerprint density at radius 1 is 1.03 bits per heavy atom. The zero-order chi connectivity index (χ0) is 24.5. The molecule has 0 atom stereocenters. The predicted molar refractivity (Wildman–Crippen MR) is 141 cm³/mol. The van der Waals surface area contributed by atoms with Gasteiger partial charge in [-0.3, -0.25) is 9.36 Å². The topological polar surface area (TPSA) is 81.4 Å². The summed E-state index contributed by atoms with van der Waals surface area (Å²) in [5.41, 5.74) is 6.57. The smallest absolute Gasteiger partial charge is 0.250 e. The summed E-state index contributed by atoms with van der Waals surface area (Å²) in [7, 11) is 1.63. The number of allylic oxidation sites excluding steroid dienone is 1. The van der Waals surface area contributed by atoms with Gasteiger partial charge in [-0.15, -0.1) is 10.2 Å². The van der Waals surface area contributed by atoms with Crippen LogP contribution in [0.2, 0.25) is 0 Å². The Morgan fingerprint density at radius 3 is 2.49 bits per heavy atom. The number of rotatable bonds is 9. The van der Waals surface area contributed by atoms with Crippen LogP contribution < -0.4 is 10.2 Å². The Labute approximate surface area is 208 Å². The number of carbonyl (C=O) groups excluding carboxylic acids is 1. The van der Waals surface area contributed by atoms with Gasteiger partial charge in [-0.05, 0) is 42.8 Å². The maximum absolute atomic E-state index is 12.4. The number of amides is 1. The zero-order valence-corrected chi connectivity index (χ0v) is 20.3. The van der Waals surface area contributed by atoms with Gasteiger partial charge in [0, 0.05) is 17.5 Å². The molecular formula is C27H25N5O2S. The molecule has 4 rings (SSSR count). The van der Waals surface area contributed by atoms with Crippen molar-refractivity contribution >= 4 is 30.0 Å². The minimum absolute atomic E-state index is 0.141. The summed E-state index contributed by atoms with van der Waals surface area (Å²) in [4.78, 5) is 12.4. The van der Waals surface area contributed by atoms with Gasteiger partial charge in [-0.25, -0.2) is 5.43 Å². The van der Waals surface area contributed by atoms with E-state index in [1.54, 1.807) is 19.4 Å². The van der Waals surface area contributed by atoms with Crippen LogP contribution in [0, 0.1) is 6.92 Å². The molecule has 7 nitrogen and oxygen atoms in total. The second-order valence-corrected chi connectivity index (χ2v) is 8.52. The first-order valence-corrected chi connectivity index (χ1v) is 12.0. The summed E-state index contributed by atoms with van der Waals surface area (Å²) in [5, 5.41) is 13.4. The van der Waals surface area contributed by atoms with Gasteiger partial charge in [0.1, 0.15) is 5.75 Å². The normalized spacial score (nSPS) is 11.3. The second-order valence-electron chi connectivity index (χ2n) is 7.58. The maximum Gasteiger partial charge on any atom is 0.250 e. The Hall–Kier alpha value is -4.17. The molecule has 4 aromatic rings. The summed E-state index contributed by atoms with van der Waals surface area (Å²) in [6.45, 7) is 2.04. The molecule has 176 valence electrons.